The highest BCUT2D eigenvalue weighted by Gasteiger charge is 2.63. The first-order chi connectivity index (χ1) is 18.1. The number of carbonyl (C=O) groups is 3. The highest BCUT2D eigenvalue weighted by atomic mass is 16.6. The van der Waals surface area contributed by atoms with Crippen LogP contribution in [0.4, 0.5) is 0 Å². The van der Waals surface area contributed by atoms with Crippen molar-refractivity contribution in [3.05, 3.63) is 0 Å². The van der Waals surface area contributed by atoms with E-state index in [1.165, 1.54) is 12.8 Å². The molecule has 0 aromatic carbocycles. The van der Waals surface area contributed by atoms with Crippen molar-refractivity contribution in [1.29, 1.82) is 0 Å². The van der Waals surface area contributed by atoms with E-state index in [-0.39, 0.29) is 41.8 Å². The van der Waals surface area contributed by atoms with Gasteiger partial charge in [-0.2, -0.15) is 0 Å². The van der Waals surface area contributed by atoms with Gasteiger partial charge in [0, 0.05) is 6.42 Å². The Bertz CT molecular complexity index is 924. The summed E-state index contributed by atoms with van der Waals surface area (Å²) in [5.74, 6) is 1.09. The van der Waals surface area contributed by atoms with Crippen molar-refractivity contribution < 1.29 is 34.1 Å². The quantitative estimate of drug-likeness (QED) is 0.350. The standard InChI is InChI=1S/C32H52O7/c1-19(7-11-28(37)39-30(2,3)4)22-8-9-23-29-24(14-16-32(22,23)6)31(5)15-13-21(17-20(31)18-25(29)33)38-27(36)12-10-26(34)35/h19-25,29,33H,7-18H2,1-6H3,(H,34,35)/t19-,20?,21-,22?,23?,24?,25-,29?,31+,32-/m1/s1. The molecule has 0 spiro atoms. The van der Waals surface area contributed by atoms with Gasteiger partial charge >= 0.3 is 17.9 Å². The number of hydrogen-bond acceptors (Lipinski definition) is 6. The fourth-order valence-corrected chi connectivity index (χ4v) is 9.66. The van der Waals surface area contributed by atoms with Crippen LogP contribution in [0, 0.1) is 46.3 Å². The number of fused-ring (bicyclic) bond motifs is 5. The lowest BCUT2D eigenvalue weighted by atomic mass is 9.43. The number of rotatable bonds is 8. The van der Waals surface area contributed by atoms with Crippen LogP contribution < -0.4 is 0 Å². The topological polar surface area (TPSA) is 110 Å². The van der Waals surface area contributed by atoms with E-state index in [1.807, 2.05) is 20.8 Å². The van der Waals surface area contributed by atoms with Gasteiger partial charge in [0.25, 0.3) is 0 Å². The van der Waals surface area contributed by atoms with Crippen LogP contribution in [-0.2, 0) is 23.9 Å². The van der Waals surface area contributed by atoms with Crippen molar-refractivity contribution in [3.63, 3.8) is 0 Å². The van der Waals surface area contributed by atoms with Gasteiger partial charge in [-0.25, -0.2) is 0 Å². The average Bonchev–Trinajstić information content (AvgIpc) is 3.18. The second-order valence-electron chi connectivity index (χ2n) is 14.9. The number of carbonyl (C=O) groups excluding carboxylic acids is 2. The number of carboxylic acids is 1. The van der Waals surface area contributed by atoms with E-state index in [4.69, 9.17) is 14.6 Å². The average molecular weight is 549 g/mol. The van der Waals surface area contributed by atoms with Gasteiger partial charge in [-0.3, -0.25) is 14.4 Å². The fraction of sp³-hybridized carbons (Fsp3) is 0.906. The SMILES string of the molecule is C[C@H](CCC(=O)OC(C)(C)C)C1CCC2C3C(CC[C@@]21C)[C@@]1(C)CC[C@@H](OC(=O)CCC(=O)O)CC1C[C@H]3O. The van der Waals surface area contributed by atoms with E-state index in [9.17, 15) is 19.5 Å². The molecule has 10 atom stereocenters. The molecule has 7 heteroatoms. The number of ether oxygens (including phenoxy) is 2. The summed E-state index contributed by atoms with van der Waals surface area (Å²) in [6.45, 7) is 12.9. The summed E-state index contributed by atoms with van der Waals surface area (Å²) in [6, 6.07) is 0. The van der Waals surface area contributed by atoms with Crippen molar-refractivity contribution in [2.24, 2.45) is 46.3 Å². The maximum absolute atomic E-state index is 12.4. The number of esters is 2. The van der Waals surface area contributed by atoms with Crippen molar-refractivity contribution in [2.75, 3.05) is 0 Å². The van der Waals surface area contributed by atoms with Crippen LogP contribution in [-0.4, -0.2) is 45.9 Å². The maximum atomic E-state index is 12.4. The molecule has 0 saturated heterocycles. The lowest BCUT2D eigenvalue weighted by Gasteiger charge is -2.62. The molecule has 4 saturated carbocycles. The molecular formula is C32H52O7. The van der Waals surface area contributed by atoms with Gasteiger partial charge in [0.05, 0.1) is 18.9 Å². The number of aliphatic carboxylic acids is 1. The molecule has 5 unspecified atom stereocenters. The Hall–Kier alpha value is -1.63. The van der Waals surface area contributed by atoms with Gasteiger partial charge in [-0.05, 0) is 125 Å². The third kappa shape index (κ3) is 6.33. The second kappa shape index (κ2) is 11.3. The van der Waals surface area contributed by atoms with Gasteiger partial charge in [-0.15, -0.1) is 0 Å². The molecule has 0 aliphatic heterocycles. The molecule has 0 amide bonds. The van der Waals surface area contributed by atoms with Gasteiger partial charge in [0.15, 0.2) is 0 Å². The summed E-state index contributed by atoms with van der Waals surface area (Å²) in [5, 5.41) is 20.5. The molecular weight excluding hydrogens is 496 g/mol. The van der Waals surface area contributed by atoms with Gasteiger partial charge < -0.3 is 19.7 Å². The van der Waals surface area contributed by atoms with Gasteiger partial charge in [-0.1, -0.05) is 20.8 Å². The van der Waals surface area contributed by atoms with Crippen LogP contribution >= 0.6 is 0 Å². The predicted octanol–water partition coefficient (Wildman–Crippen LogP) is 6.15. The number of carboxylic acid groups (broad SMARTS) is 1. The summed E-state index contributed by atoms with van der Waals surface area (Å²) < 4.78 is 11.2. The molecule has 4 aliphatic rings. The van der Waals surface area contributed by atoms with Crippen molar-refractivity contribution in [1.82, 2.24) is 0 Å². The third-order valence-corrected chi connectivity index (χ3v) is 11.5. The minimum Gasteiger partial charge on any atom is -0.481 e. The van der Waals surface area contributed by atoms with E-state index in [2.05, 4.69) is 20.8 Å². The Labute approximate surface area is 234 Å². The maximum Gasteiger partial charge on any atom is 0.306 e. The first kappa shape index (κ1) is 30.3. The Morgan fingerprint density at radius 2 is 1.56 bits per heavy atom. The summed E-state index contributed by atoms with van der Waals surface area (Å²) in [5.41, 5.74) is -0.124. The summed E-state index contributed by atoms with van der Waals surface area (Å²) in [7, 11) is 0. The van der Waals surface area contributed by atoms with Crippen LogP contribution in [0.15, 0.2) is 0 Å². The van der Waals surface area contributed by atoms with E-state index in [0.717, 1.165) is 44.9 Å². The van der Waals surface area contributed by atoms with Crippen LogP contribution in [0.2, 0.25) is 0 Å². The Kier molecular flexibility index (Phi) is 8.81. The van der Waals surface area contributed by atoms with Crippen LogP contribution in [0.5, 0.6) is 0 Å². The predicted molar refractivity (Wildman–Crippen MR) is 148 cm³/mol. The normalized spacial score (nSPS) is 40.5. The van der Waals surface area contributed by atoms with Crippen LogP contribution in [0.3, 0.4) is 0 Å². The molecule has 39 heavy (non-hydrogen) atoms. The zero-order valence-electron chi connectivity index (χ0n) is 25.0. The Morgan fingerprint density at radius 1 is 0.897 bits per heavy atom. The van der Waals surface area contributed by atoms with E-state index >= 15 is 0 Å². The number of hydrogen-bond donors (Lipinski definition) is 2. The zero-order valence-corrected chi connectivity index (χ0v) is 25.0. The largest absolute Gasteiger partial charge is 0.481 e. The minimum atomic E-state index is -0.986. The number of aliphatic hydroxyl groups excluding tert-OH is 1. The smallest absolute Gasteiger partial charge is 0.306 e. The molecule has 0 aromatic heterocycles. The zero-order chi connectivity index (χ0) is 28.8. The molecule has 222 valence electrons. The first-order valence-electron chi connectivity index (χ1n) is 15.4. The van der Waals surface area contributed by atoms with Crippen LogP contribution in [0.1, 0.15) is 119 Å². The van der Waals surface area contributed by atoms with E-state index in [1.54, 1.807) is 0 Å². The van der Waals surface area contributed by atoms with E-state index in [0.29, 0.717) is 41.9 Å². The molecule has 7 nitrogen and oxygen atoms in total. The number of aliphatic hydroxyl groups is 1. The molecule has 0 radical (unpaired) electrons. The highest BCUT2D eigenvalue weighted by Crippen LogP contribution is 2.68. The van der Waals surface area contributed by atoms with E-state index < -0.39 is 17.5 Å². The molecule has 4 fully saturated rings. The third-order valence-electron chi connectivity index (χ3n) is 11.5. The molecule has 0 bridgehead atoms. The Morgan fingerprint density at radius 3 is 2.23 bits per heavy atom. The summed E-state index contributed by atoms with van der Waals surface area (Å²) in [4.78, 5) is 35.4. The summed E-state index contributed by atoms with van der Waals surface area (Å²) >= 11 is 0. The lowest BCUT2D eigenvalue weighted by molar-refractivity contribution is -0.183. The Balaban J connectivity index is 1.39. The fourth-order valence-electron chi connectivity index (χ4n) is 9.66. The monoisotopic (exact) mass is 548 g/mol. The summed E-state index contributed by atoms with van der Waals surface area (Å²) in [6.07, 6.45) is 8.46. The molecule has 0 heterocycles. The molecule has 2 N–H and O–H groups in total. The first-order valence-corrected chi connectivity index (χ1v) is 15.4. The molecule has 4 rings (SSSR count). The van der Waals surface area contributed by atoms with Crippen molar-refractivity contribution in [2.45, 2.75) is 136 Å². The van der Waals surface area contributed by atoms with Gasteiger partial charge in [0.2, 0.25) is 0 Å². The van der Waals surface area contributed by atoms with Crippen molar-refractivity contribution in [3.8, 4) is 0 Å². The minimum absolute atomic E-state index is 0.0846. The molecule has 0 aromatic rings. The highest BCUT2D eigenvalue weighted by molar-refractivity contribution is 5.76. The lowest BCUT2D eigenvalue weighted by Crippen LogP contribution is -2.58. The van der Waals surface area contributed by atoms with Crippen molar-refractivity contribution >= 4 is 17.9 Å². The van der Waals surface area contributed by atoms with Gasteiger partial charge in [0.1, 0.15) is 11.7 Å². The van der Waals surface area contributed by atoms with Crippen LogP contribution in [0.25, 0.3) is 0 Å². The second-order valence-corrected chi connectivity index (χ2v) is 14.9. The molecule has 4 aliphatic carbocycles.